The maximum absolute atomic E-state index is 12.3. The predicted octanol–water partition coefficient (Wildman–Crippen LogP) is 3.87. The lowest BCUT2D eigenvalue weighted by Crippen LogP contribution is -2.12. The second-order valence-corrected chi connectivity index (χ2v) is 7.60. The zero-order valence-electron chi connectivity index (χ0n) is 15.9. The van der Waals surface area contributed by atoms with Crippen molar-refractivity contribution >= 4 is 28.6 Å². The molecule has 4 aromatic heterocycles. The van der Waals surface area contributed by atoms with Gasteiger partial charge in [0.1, 0.15) is 5.69 Å². The maximum Gasteiger partial charge on any atom is 0.275 e. The van der Waals surface area contributed by atoms with Gasteiger partial charge in [0.15, 0.2) is 11.5 Å². The highest BCUT2D eigenvalue weighted by Gasteiger charge is 2.12. The number of carbonyl (C=O) groups excluding carboxylic acids is 1. The summed E-state index contributed by atoms with van der Waals surface area (Å²) in [4.78, 5) is 20.6. The van der Waals surface area contributed by atoms with Crippen LogP contribution in [0.5, 0.6) is 0 Å². The van der Waals surface area contributed by atoms with Crippen LogP contribution in [-0.2, 0) is 0 Å². The minimum absolute atomic E-state index is 0.225. The quantitative estimate of drug-likeness (QED) is 0.480. The van der Waals surface area contributed by atoms with Gasteiger partial charge in [0.05, 0.1) is 10.7 Å². The van der Waals surface area contributed by atoms with E-state index in [0.29, 0.717) is 22.9 Å². The van der Waals surface area contributed by atoms with Crippen molar-refractivity contribution in [2.75, 3.05) is 5.32 Å². The summed E-state index contributed by atoms with van der Waals surface area (Å²) in [6.45, 7) is 1.87. The van der Waals surface area contributed by atoms with Crippen LogP contribution < -0.4 is 5.32 Å². The van der Waals surface area contributed by atoms with E-state index >= 15 is 0 Å². The topological polar surface area (TPSA) is 98.0 Å². The van der Waals surface area contributed by atoms with E-state index in [1.165, 1.54) is 11.3 Å². The first kappa shape index (κ1) is 18.1. The number of pyridine rings is 1. The van der Waals surface area contributed by atoms with E-state index in [1.54, 1.807) is 22.3 Å². The van der Waals surface area contributed by atoms with Crippen molar-refractivity contribution in [2.24, 2.45) is 0 Å². The molecule has 5 aromatic rings. The first-order valence-corrected chi connectivity index (χ1v) is 10.0. The number of aryl methyl sites for hydroxylation is 1. The van der Waals surface area contributed by atoms with Gasteiger partial charge >= 0.3 is 0 Å². The van der Waals surface area contributed by atoms with Crippen LogP contribution in [0.2, 0.25) is 0 Å². The number of carbonyl (C=O) groups is 1. The number of nitrogens with one attached hydrogen (secondary N) is 1. The molecular weight excluding hydrogens is 398 g/mol. The van der Waals surface area contributed by atoms with Crippen molar-refractivity contribution in [2.45, 2.75) is 6.92 Å². The van der Waals surface area contributed by atoms with E-state index in [9.17, 15) is 4.79 Å². The van der Waals surface area contributed by atoms with Gasteiger partial charge in [-0.2, -0.15) is 9.61 Å². The number of hydrogen-bond donors (Lipinski definition) is 1. The Morgan fingerprint density at radius 3 is 2.63 bits per heavy atom. The van der Waals surface area contributed by atoms with Gasteiger partial charge in [0.25, 0.3) is 5.91 Å². The molecule has 1 aromatic carbocycles. The Kier molecular flexibility index (Phi) is 4.49. The minimum Gasteiger partial charge on any atom is -0.321 e. The summed E-state index contributed by atoms with van der Waals surface area (Å²) in [5.41, 5.74) is 4.27. The molecule has 0 aliphatic rings. The Balaban J connectivity index is 1.42. The number of benzene rings is 1. The van der Waals surface area contributed by atoms with Gasteiger partial charge in [-0.1, -0.05) is 12.1 Å². The van der Waals surface area contributed by atoms with Gasteiger partial charge in [-0.05, 0) is 43.3 Å². The number of hydrogen-bond acceptors (Lipinski definition) is 7. The zero-order valence-corrected chi connectivity index (χ0v) is 16.7. The summed E-state index contributed by atoms with van der Waals surface area (Å²) >= 11 is 1.45. The number of fused-ring (bicyclic) bond motifs is 1. The van der Waals surface area contributed by atoms with Crippen molar-refractivity contribution in [3.63, 3.8) is 0 Å². The highest BCUT2D eigenvalue weighted by Crippen LogP contribution is 2.22. The third kappa shape index (κ3) is 3.42. The van der Waals surface area contributed by atoms with Gasteiger partial charge < -0.3 is 5.32 Å². The Morgan fingerprint density at radius 2 is 1.90 bits per heavy atom. The molecule has 0 spiro atoms. The lowest BCUT2D eigenvalue weighted by atomic mass is 10.1. The molecule has 0 saturated carbocycles. The Morgan fingerprint density at radius 1 is 1.03 bits per heavy atom. The van der Waals surface area contributed by atoms with Crippen LogP contribution in [0.1, 0.15) is 15.5 Å². The van der Waals surface area contributed by atoms with Gasteiger partial charge in [-0.15, -0.1) is 21.5 Å². The molecule has 0 aliphatic heterocycles. The molecule has 0 radical (unpaired) electrons. The molecule has 1 amide bonds. The van der Waals surface area contributed by atoms with Gasteiger partial charge in [-0.3, -0.25) is 9.78 Å². The number of amides is 1. The van der Waals surface area contributed by atoms with Gasteiger partial charge in [-0.25, -0.2) is 4.98 Å². The third-order valence-electron chi connectivity index (χ3n) is 4.47. The highest BCUT2D eigenvalue weighted by molar-refractivity contribution is 7.09. The largest absolute Gasteiger partial charge is 0.321 e. The molecule has 4 heterocycles. The molecule has 0 saturated heterocycles. The maximum atomic E-state index is 12.3. The van der Waals surface area contributed by atoms with Crippen molar-refractivity contribution < 1.29 is 4.79 Å². The predicted molar refractivity (Wildman–Crippen MR) is 114 cm³/mol. The van der Waals surface area contributed by atoms with Crippen molar-refractivity contribution in [1.29, 1.82) is 0 Å². The molecule has 0 fully saturated rings. The molecule has 146 valence electrons. The van der Waals surface area contributed by atoms with E-state index in [0.717, 1.165) is 21.8 Å². The molecule has 0 unspecified atom stereocenters. The average Bonchev–Trinajstić information content (AvgIpc) is 3.41. The molecule has 0 bridgehead atoms. The molecule has 9 heteroatoms. The van der Waals surface area contributed by atoms with E-state index < -0.39 is 0 Å². The van der Waals surface area contributed by atoms with Crippen LogP contribution in [0, 0.1) is 6.92 Å². The smallest absolute Gasteiger partial charge is 0.275 e. The molecule has 5 rings (SSSR count). The fourth-order valence-corrected chi connectivity index (χ4v) is 3.60. The third-order valence-corrected chi connectivity index (χ3v) is 5.25. The van der Waals surface area contributed by atoms with E-state index in [2.05, 4.69) is 25.5 Å². The highest BCUT2D eigenvalue weighted by atomic mass is 32.1. The van der Waals surface area contributed by atoms with Crippen molar-refractivity contribution in [1.82, 2.24) is 29.8 Å². The lowest BCUT2D eigenvalue weighted by molar-refractivity contribution is 0.102. The summed E-state index contributed by atoms with van der Waals surface area (Å²) in [6.07, 6.45) is 3.44. The first-order valence-electron chi connectivity index (χ1n) is 9.14. The van der Waals surface area contributed by atoms with E-state index in [-0.39, 0.29) is 5.91 Å². The summed E-state index contributed by atoms with van der Waals surface area (Å²) < 4.78 is 1.70. The number of aromatic nitrogens is 6. The number of nitrogens with zero attached hydrogens (tertiary/aromatic N) is 6. The molecule has 0 aliphatic carbocycles. The molecular formula is C21H15N7OS. The Labute approximate surface area is 175 Å². The summed E-state index contributed by atoms with van der Waals surface area (Å²) in [7, 11) is 0. The normalized spacial score (nSPS) is 11.0. The molecule has 8 nitrogen and oxygen atoms in total. The Bertz CT molecular complexity index is 1340. The zero-order chi connectivity index (χ0) is 20.5. The molecule has 0 atom stereocenters. The first-order chi connectivity index (χ1) is 14.7. The van der Waals surface area contributed by atoms with Crippen LogP contribution in [0.3, 0.4) is 0 Å². The molecule has 1 N–H and O–H groups in total. The summed E-state index contributed by atoms with van der Waals surface area (Å²) in [6, 6.07) is 15.0. The summed E-state index contributed by atoms with van der Waals surface area (Å²) in [5, 5.41) is 18.6. The fraction of sp³-hybridized carbons (Fsp3) is 0.0476. The van der Waals surface area contributed by atoms with Crippen molar-refractivity contribution in [3.05, 3.63) is 77.0 Å². The van der Waals surface area contributed by atoms with Crippen LogP contribution in [0.4, 0.5) is 5.69 Å². The average molecular weight is 413 g/mol. The Hall–Kier alpha value is -3.98. The van der Waals surface area contributed by atoms with Gasteiger partial charge in [0.2, 0.25) is 0 Å². The number of rotatable bonds is 4. The second kappa shape index (κ2) is 7.45. The van der Waals surface area contributed by atoms with Crippen LogP contribution in [0.25, 0.3) is 28.3 Å². The standard InChI is InChI=1S/C21H15N7OS/c1-13-23-18(12-30-13)21(29)24-16-6-4-14(5-7-16)17-8-9-19-25-26-20(28(19)27-17)15-3-2-10-22-11-15/h2-12H,1H3,(H,24,29). The van der Waals surface area contributed by atoms with Crippen LogP contribution in [0.15, 0.2) is 66.3 Å². The molecule has 30 heavy (non-hydrogen) atoms. The summed E-state index contributed by atoms with van der Waals surface area (Å²) in [5.74, 6) is 0.402. The van der Waals surface area contributed by atoms with Crippen LogP contribution in [-0.4, -0.2) is 35.7 Å². The second-order valence-electron chi connectivity index (χ2n) is 6.54. The van der Waals surface area contributed by atoms with Crippen molar-refractivity contribution in [3.8, 4) is 22.6 Å². The minimum atomic E-state index is -0.225. The monoisotopic (exact) mass is 413 g/mol. The van der Waals surface area contributed by atoms with Crippen LogP contribution >= 0.6 is 11.3 Å². The van der Waals surface area contributed by atoms with E-state index in [4.69, 9.17) is 5.10 Å². The lowest BCUT2D eigenvalue weighted by Gasteiger charge is -2.06. The van der Waals surface area contributed by atoms with E-state index in [1.807, 2.05) is 55.5 Å². The SMILES string of the molecule is Cc1nc(C(=O)Nc2ccc(-c3ccc4nnc(-c5cccnc5)n4n3)cc2)cs1. The number of thiazole rings is 1. The number of anilines is 1. The van der Waals surface area contributed by atoms with Gasteiger partial charge in [0, 0.05) is 34.6 Å². The fourth-order valence-electron chi connectivity index (χ4n) is 3.01.